The van der Waals surface area contributed by atoms with Crippen LogP contribution in [0, 0.1) is 0 Å². The molecule has 0 spiro atoms. The van der Waals surface area contributed by atoms with Crippen LogP contribution in [0.1, 0.15) is 31.7 Å². The highest BCUT2D eigenvalue weighted by Gasteiger charge is 2.48. The van der Waals surface area contributed by atoms with Crippen molar-refractivity contribution >= 4 is 5.97 Å². The fraction of sp³-hybridized carbons (Fsp3) is 0.417. The summed E-state index contributed by atoms with van der Waals surface area (Å²) in [5.41, 5.74) is 0.843. The molecule has 0 heterocycles. The van der Waals surface area contributed by atoms with E-state index in [9.17, 15) is 4.79 Å². The zero-order chi connectivity index (χ0) is 10.0. The van der Waals surface area contributed by atoms with E-state index < -0.39 is 0 Å². The Kier molecular flexibility index (Phi) is 2.28. The molecular formula is C12H14O2. The minimum atomic E-state index is -0.283. The van der Waals surface area contributed by atoms with Crippen LogP contribution in [-0.2, 0) is 15.1 Å². The fourth-order valence-corrected chi connectivity index (χ4v) is 1.60. The topological polar surface area (TPSA) is 26.3 Å². The summed E-state index contributed by atoms with van der Waals surface area (Å²) in [6.07, 6.45) is 2.38. The van der Waals surface area contributed by atoms with Crippen molar-refractivity contribution in [1.29, 1.82) is 0 Å². The van der Waals surface area contributed by atoms with Crippen LogP contribution in [0.5, 0.6) is 0 Å². The van der Waals surface area contributed by atoms with Gasteiger partial charge in [0.2, 0.25) is 0 Å². The molecule has 0 saturated heterocycles. The van der Waals surface area contributed by atoms with Crippen molar-refractivity contribution in [3.05, 3.63) is 35.9 Å². The molecule has 1 saturated carbocycles. The number of esters is 1. The Balaban J connectivity index is 2.14. The number of ether oxygens (including phenoxy) is 1. The summed E-state index contributed by atoms with van der Waals surface area (Å²) < 4.78 is 5.45. The SMILES string of the molecule is CCC(=O)OC1(c2ccccc2)CC1. The number of rotatable bonds is 3. The van der Waals surface area contributed by atoms with Crippen molar-refractivity contribution in [2.24, 2.45) is 0 Å². The lowest BCUT2D eigenvalue weighted by Gasteiger charge is -2.16. The third-order valence-corrected chi connectivity index (χ3v) is 2.60. The molecule has 1 aromatic carbocycles. The molecule has 2 nitrogen and oxygen atoms in total. The van der Waals surface area contributed by atoms with E-state index >= 15 is 0 Å². The summed E-state index contributed by atoms with van der Waals surface area (Å²) in [6, 6.07) is 9.98. The van der Waals surface area contributed by atoms with Crippen LogP contribution >= 0.6 is 0 Å². The molecule has 74 valence electrons. The summed E-state index contributed by atoms with van der Waals surface area (Å²) in [7, 11) is 0. The number of hydrogen-bond acceptors (Lipinski definition) is 2. The zero-order valence-corrected chi connectivity index (χ0v) is 8.32. The Bertz CT molecular complexity index is 325. The van der Waals surface area contributed by atoms with Gasteiger partial charge in [0, 0.05) is 6.42 Å². The highest BCUT2D eigenvalue weighted by molar-refractivity contribution is 5.70. The van der Waals surface area contributed by atoms with E-state index in [0.29, 0.717) is 6.42 Å². The molecule has 0 aromatic heterocycles. The number of benzene rings is 1. The molecule has 0 aliphatic heterocycles. The van der Waals surface area contributed by atoms with E-state index in [2.05, 4.69) is 0 Å². The maximum Gasteiger partial charge on any atom is 0.306 e. The van der Waals surface area contributed by atoms with Crippen molar-refractivity contribution in [3.8, 4) is 0 Å². The summed E-state index contributed by atoms with van der Waals surface area (Å²) in [4.78, 5) is 11.2. The first-order valence-corrected chi connectivity index (χ1v) is 5.04. The molecule has 2 rings (SSSR count). The number of carbonyl (C=O) groups excluding carboxylic acids is 1. The first-order valence-electron chi connectivity index (χ1n) is 5.04. The van der Waals surface area contributed by atoms with Crippen molar-refractivity contribution in [1.82, 2.24) is 0 Å². The Morgan fingerprint density at radius 1 is 1.36 bits per heavy atom. The van der Waals surface area contributed by atoms with Gasteiger partial charge in [0.25, 0.3) is 0 Å². The second-order valence-electron chi connectivity index (χ2n) is 3.69. The molecule has 0 atom stereocenters. The second kappa shape index (κ2) is 3.45. The molecule has 1 aliphatic rings. The van der Waals surface area contributed by atoms with Gasteiger partial charge in [0.1, 0.15) is 5.60 Å². The number of hydrogen-bond donors (Lipinski definition) is 0. The summed E-state index contributed by atoms with van der Waals surface area (Å²) in [5, 5.41) is 0. The molecule has 1 fully saturated rings. The van der Waals surface area contributed by atoms with Crippen molar-refractivity contribution in [2.45, 2.75) is 31.8 Å². The van der Waals surface area contributed by atoms with Gasteiger partial charge in [-0.2, -0.15) is 0 Å². The molecule has 0 N–H and O–H groups in total. The molecule has 1 aromatic rings. The molecule has 14 heavy (non-hydrogen) atoms. The molecular weight excluding hydrogens is 176 g/mol. The van der Waals surface area contributed by atoms with Gasteiger partial charge in [-0.05, 0) is 18.4 Å². The second-order valence-corrected chi connectivity index (χ2v) is 3.69. The van der Waals surface area contributed by atoms with E-state index in [1.807, 2.05) is 37.3 Å². The molecule has 0 bridgehead atoms. The minimum Gasteiger partial charge on any atom is -0.454 e. The van der Waals surface area contributed by atoms with Gasteiger partial charge < -0.3 is 4.74 Å². The molecule has 0 radical (unpaired) electrons. The van der Waals surface area contributed by atoms with Gasteiger partial charge in [0.15, 0.2) is 0 Å². The highest BCUT2D eigenvalue weighted by Crippen LogP contribution is 2.49. The van der Waals surface area contributed by atoms with Crippen molar-refractivity contribution in [3.63, 3.8) is 0 Å². The first kappa shape index (κ1) is 9.25. The van der Waals surface area contributed by atoms with E-state index in [-0.39, 0.29) is 11.6 Å². The van der Waals surface area contributed by atoms with Gasteiger partial charge in [-0.15, -0.1) is 0 Å². The quantitative estimate of drug-likeness (QED) is 0.685. The maximum atomic E-state index is 11.2. The predicted molar refractivity (Wildman–Crippen MR) is 53.7 cm³/mol. The standard InChI is InChI=1S/C12H14O2/c1-2-11(13)14-12(8-9-12)10-6-4-3-5-7-10/h3-7H,2,8-9H2,1H3. The van der Waals surface area contributed by atoms with Crippen molar-refractivity contribution in [2.75, 3.05) is 0 Å². The van der Waals surface area contributed by atoms with Gasteiger partial charge in [-0.1, -0.05) is 37.3 Å². The smallest absolute Gasteiger partial charge is 0.306 e. The van der Waals surface area contributed by atoms with Gasteiger partial charge >= 0.3 is 5.97 Å². The third-order valence-electron chi connectivity index (χ3n) is 2.60. The Hall–Kier alpha value is -1.31. The average molecular weight is 190 g/mol. The van der Waals surface area contributed by atoms with Crippen LogP contribution in [0.15, 0.2) is 30.3 Å². The van der Waals surface area contributed by atoms with Crippen LogP contribution in [0.3, 0.4) is 0 Å². The van der Waals surface area contributed by atoms with E-state index in [1.165, 1.54) is 0 Å². The van der Waals surface area contributed by atoms with Crippen LogP contribution in [0.4, 0.5) is 0 Å². The zero-order valence-electron chi connectivity index (χ0n) is 8.32. The van der Waals surface area contributed by atoms with E-state index in [4.69, 9.17) is 4.74 Å². The monoisotopic (exact) mass is 190 g/mol. The normalized spacial score (nSPS) is 17.5. The fourth-order valence-electron chi connectivity index (χ4n) is 1.60. The number of carbonyl (C=O) groups is 1. The maximum absolute atomic E-state index is 11.2. The predicted octanol–water partition coefficient (Wildman–Crippen LogP) is 2.63. The highest BCUT2D eigenvalue weighted by atomic mass is 16.6. The Morgan fingerprint density at radius 3 is 2.50 bits per heavy atom. The van der Waals surface area contributed by atoms with Crippen LogP contribution in [-0.4, -0.2) is 5.97 Å². The molecule has 2 heteroatoms. The summed E-state index contributed by atoms with van der Waals surface area (Å²) >= 11 is 0. The average Bonchev–Trinajstić information content (AvgIpc) is 3.00. The summed E-state index contributed by atoms with van der Waals surface area (Å²) in [5.74, 6) is -0.105. The van der Waals surface area contributed by atoms with E-state index in [0.717, 1.165) is 18.4 Å². The van der Waals surface area contributed by atoms with Gasteiger partial charge in [-0.25, -0.2) is 0 Å². The van der Waals surface area contributed by atoms with E-state index in [1.54, 1.807) is 0 Å². The molecule has 1 aliphatic carbocycles. The van der Waals surface area contributed by atoms with Gasteiger partial charge in [0.05, 0.1) is 0 Å². The van der Waals surface area contributed by atoms with Crippen LogP contribution in [0.2, 0.25) is 0 Å². The van der Waals surface area contributed by atoms with Crippen LogP contribution < -0.4 is 0 Å². The minimum absolute atomic E-state index is 0.105. The Labute approximate surface area is 83.9 Å². The first-order chi connectivity index (χ1) is 6.77. The largest absolute Gasteiger partial charge is 0.454 e. The lowest BCUT2D eigenvalue weighted by molar-refractivity contribution is -0.151. The summed E-state index contributed by atoms with van der Waals surface area (Å²) in [6.45, 7) is 1.82. The molecule has 0 amide bonds. The lowest BCUT2D eigenvalue weighted by atomic mass is 10.1. The third kappa shape index (κ3) is 1.65. The van der Waals surface area contributed by atoms with Crippen molar-refractivity contribution < 1.29 is 9.53 Å². The van der Waals surface area contributed by atoms with Crippen LogP contribution in [0.25, 0.3) is 0 Å². The molecule has 0 unspecified atom stereocenters. The Morgan fingerprint density at radius 2 is 2.00 bits per heavy atom. The lowest BCUT2D eigenvalue weighted by Crippen LogP contribution is -2.16. The van der Waals surface area contributed by atoms with Gasteiger partial charge in [-0.3, -0.25) is 4.79 Å².